The van der Waals surface area contributed by atoms with Crippen molar-refractivity contribution < 1.29 is 4.39 Å². The van der Waals surface area contributed by atoms with Gasteiger partial charge in [-0.2, -0.15) is 0 Å². The predicted molar refractivity (Wildman–Crippen MR) is 72.4 cm³/mol. The van der Waals surface area contributed by atoms with Crippen LogP contribution in [0.4, 0.5) is 4.39 Å². The van der Waals surface area contributed by atoms with Crippen LogP contribution in [0.15, 0.2) is 22.7 Å². The minimum atomic E-state index is -0.195. The van der Waals surface area contributed by atoms with E-state index in [-0.39, 0.29) is 11.4 Å². The lowest BCUT2D eigenvalue weighted by molar-refractivity contribution is 0.368. The summed E-state index contributed by atoms with van der Waals surface area (Å²) < 4.78 is 14.0. The number of halogens is 2. The average Bonchev–Trinajstić information content (AvgIpc) is 2.50. The fraction of sp³-hybridized carbons (Fsp3) is 0.571. The first kappa shape index (κ1) is 13.0. The molecule has 1 fully saturated rings. The fourth-order valence-corrected chi connectivity index (χ4v) is 3.08. The highest BCUT2D eigenvalue weighted by Crippen LogP contribution is 2.31. The normalized spacial score (nSPS) is 19.9. The Morgan fingerprint density at radius 1 is 1.18 bits per heavy atom. The molecule has 0 atom stereocenters. The zero-order chi connectivity index (χ0) is 12.3. The van der Waals surface area contributed by atoms with Crippen molar-refractivity contribution in [3.05, 3.63) is 34.1 Å². The molecule has 0 bridgehead atoms. The van der Waals surface area contributed by atoms with Crippen LogP contribution >= 0.6 is 15.9 Å². The van der Waals surface area contributed by atoms with Gasteiger partial charge in [0.15, 0.2) is 0 Å². The molecule has 0 spiro atoms. The molecule has 3 heteroatoms. The average molecular weight is 300 g/mol. The summed E-state index contributed by atoms with van der Waals surface area (Å²) in [6.45, 7) is 0. The lowest BCUT2D eigenvalue weighted by atomic mass is 9.85. The number of nitrogens with two attached hydrogens (primary N) is 1. The van der Waals surface area contributed by atoms with Crippen molar-refractivity contribution >= 4 is 15.9 Å². The minimum absolute atomic E-state index is 0.146. The summed E-state index contributed by atoms with van der Waals surface area (Å²) in [6, 6.07) is 5.20. The maximum Gasteiger partial charge on any atom is 0.137 e. The summed E-state index contributed by atoms with van der Waals surface area (Å²) in [5.74, 6) is -0.195. The summed E-state index contributed by atoms with van der Waals surface area (Å²) in [5, 5.41) is 0. The van der Waals surface area contributed by atoms with Gasteiger partial charge < -0.3 is 5.73 Å². The summed E-state index contributed by atoms with van der Waals surface area (Å²) in [5.41, 5.74) is 7.32. The highest BCUT2D eigenvalue weighted by molar-refractivity contribution is 9.10. The molecular weight excluding hydrogens is 281 g/mol. The molecular formula is C14H19BrFN. The molecule has 17 heavy (non-hydrogen) atoms. The van der Waals surface area contributed by atoms with Crippen molar-refractivity contribution in [1.82, 2.24) is 0 Å². The molecule has 1 aliphatic rings. The van der Waals surface area contributed by atoms with Crippen molar-refractivity contribution in [2.45, 2.75) is 50.5 Å². The van der Waals surface area contributed by atoms with Gasteiger partial charge in [0, 0.05) is 5.54 Å². The Kier molecular flexibility index (Phi) is 4.21. The van der Waals surface area contributed by atoms with E-state index in [1.165, 1.54) is 31.7 Å². The van der Waals surface area contributed by atoms with Crippen LogP contribution in [0.25, 0.3) is 0 Å². The van der Waals surface area contributed by atoms with E-state index in [4.69, 9.17) is 5.73 Å². The van der Waals surface area contributed by atoms with Gasteiger partial charge in [0.05, 0.1) is 4.47 Å². The quantitative estimate of drug-likeness (QED) is 0.815. The van der Waals surface area contributed by atoms with Gasteiger partial charge in [0.1, 0.15) is 5.82 Å². The van der Waals surface area contributed by atoms with Crippen LogP contribution < -0.4 is 5.73 Å². The Hall–Kier alpha value is -0.410. The third-order valence-corrected chi connectivity index (χ3v) is 4.56. The van der Waals surface area contributed by atoms with Gasteiger partial charge in [-0.3, -0.25) is 0 Å². The van der Waals surface area contributed by atoms with Gasteiger partial charge in [-0.25, -0.2) is 4.39 Å². The van der Waals surface area contributed by atoms with E-state index in [0.29, 0.717) is 4.47 Å². The first-order chi connectivity index (χ1) is 8.11. The Bertz CT molecular complexity index is 384. The Morgan fingerprint density at radius 3 is 2.47 bits per heavy atom. The molecule has 0 unspecified atom stereocenters. The summed E-state index contributed by atoms with van der Waals surface area (Å²) in [4.78, 5) is 0. The number of benzene rings is 1. The molecule has 0 aliphatic heterocycles. The van der Waals surface area contributed by atoms with Crippen LogP contribution in [0.5, 0.6) is 0 Å². The topological polar surface area (TPSA) is 26.0 Å². The van der Waals surface area contributed by atoms with E-state index in [1.54, 1.807) is 6.07 Å². The molecule has 0 amide bonds. The third kappa shape index (κ3) is 3.29. The third-order valence-electron chi connectivity index (χ3n) is 3.67. The number of hydrogen-bond donors (Lipinski definition) is 1. The molecule has 0 heterocycles. The molecule has 1 nitrogen and oxygen atoms in total. The van der Waals surface area contributed by atoms with E-state index in [9.17, 15) is 4.39 Å². The van der Waals surface area contributed by atoms with Gasteiger partial charge in [-0.15, -0.1) is 0 Å². The van der Waals surface area contributed by atoms with E-state index in [2.05, 4.69) is 15.9 Å². The van der Waals surface area contributed by atoms with Gasteiger partial charge in [-0.1, -0.05) is 37.8 Å². The molecule has 0 radical (unpaired) electrons. The first-order valence-electron chi connectivity index (χ1n) is 6.32. The molecule has 0 aromatic heterocycles. The second kappa shape index (κ2) is 5.49. The highest BCUT2D eigenvalue weighted by Gasteiger charge is 2.27. The Balaban J connectivity index is 2.15. The first-order valence-corrected chi connectivity index (χ1v) is 7.12. The zero-order valence-corrected chi connectivity index (χ0v) is 11.6. The molecule has 94 valence electrons. The van der Waals surface area contributed by atoms with Crippen molar-refractivity contribution in [2.75, 3.05) is 0 Å². The monoisotopic (exact) mass is 299 g/mol. The smallest absolute Gasteiger partial charge is 0.137 e. The van der Waals surface area contributed by atoms with Gasteiger partial charge in [-0.05, 0) is 46.8 Å². The van der Waals surface area contributed by atoms with E-state index < -0.39 is 0 Å². The fourth-order valence-electron chi connectivity index (χ4n) is 2.67. The van der Waals surface area contributed by atoms with Crippen molar-refractivity contribution in [3.8, 4) is 0 Å². The SMILES string of the molecule is NC1(Cc2cccc(F)c2Br)CCCCCC1. The van der Waals surface area contributed by atoms with Crippen molar-refractivity contribution in [2.24, 2.45) is 5.73 Å². The molecule has 1 aromatic carbocycles. The highest BCUT2D eigenvalue weighted by atomic mass is 79.9. The number of hydrogen-bond acceptors (Lipinski definition) is 1. The van der Waals surface area contributed by atoms with E-state index >= 15 is 0 Å². The maximum atomic E-state index is 13.5. The second-order valence-corrected chi connectivity index (χ2v) is 5.96. The van der Waals surface area contributed by atoms with Gasteiger partial charge >= 0.3 is 0 Å². The molecule has 2 rings (SSSR count). The van der Waals surface area contributed by atoms with Crippen LogP contribution in [0, 0.1) is 5.82 Å². The van der Waals surface area contributed by atoms with Crippen LogP contribution in [-0.2, 0) is 6.42 Å². The minimum Gasteiger partial charge on any atom is -0.325 e. The largest absolute Gasteiger partial charge is 0.325 e. The van der Waals surface area contributed by atoms with Crippen LogP contribution in [0.1, 0.15) is 44.1 Å². The number of rotatable bonds is 2. The maximum absolute atomic E-state index is 13.5. The summed E-state index contributed by atoms with van der Waals surface area (Å²) in [6.07, 6.45) is 7.83. The van der Waals surface area contributed by atoms with E-state index in [0.717, 1.165) is 24.8 Å². The predicted octanol–water partition coefficient (Wildman–Crippen LogP) is 4.18. The van der Waals surface area contributed by atoms with Crippen LogP contribution in [0.2, 0.25) is 0 Å². The standard InChI is InChI=1S/C14H19BrFN/c15-13-11(6-5-7-12(13)16)10-14(17)8-3-1-2-4-9-14/h5-7H,1-4,8-10,17H2. The molecule has 0 saturated heterocycles. The van der Waals surface area contributed by atoms with Gasteiger partial charge in [0.2, 0.25) is 0 Å². The van der Waals surface area contributed by atoms with E-state index in [1.807, 2.05) is 6.07 Å². The Morgan fingerprint density at radius 2 is 1.82 bits per heavy atom. The second-order valence-electron chi connectivity index (χ2n) is 5.17. The summed E-state index contributed by atoms with van der Waals surface area (Å²) >= 11 is 3.32. The van der Waals surface area contributed by atoms with Gasteiger partial charge in [0.25, 0.3) is 0 Å². The lowest BCUT2D eigenvalue weighted by Gasteiger charge is -2.28. The van der Waals surface area contributed by atoms with Crippen LogP contribution in [0.3, 0.4) is 0 Å². The molecule has 2 N–H and O–H groups in total. The lowest BCUT2D eigenvalue weighted by Crippen LogP contribution is -2.41. The van der Waals surface area contributed by atoms with Crippen molar-refractivity contribution in [1.29, 1.82) is 0 Å². The van der Waals surface area contributed by atoms with Crippen molar-refractivity contribution in [3.63, 3.8) is 0 Å². The zero-order valence-electron chi connectivity index (χ0n) is 10.0. The molecule has 1 aromatic rings. The Labute approximate surface area is 111 Å². The molecule has 1 saturated carbocycles. The molecule has 1 aliphatic carbocycles. The van der Waals surface area contributed by atoms with Crippen LogP contribution in [-0.4, -0.2) is 5.54 Å². The summed E-state index contributed by atoms with van der Waals surface area (Å²) in [7, 11) is 0.